The Hall–Kier alpha value is -1.71. The van der Waals surface area contributed by atoms with E-state index in [2.05, 4.69) is 5.32 Å². The Bertz CT molecular complexity index is 413. The molecule has 0 heterocycles. The van der Waals surface area contributed by atoms with E-state index in [1.54, 1.807) is 26.4 Å². The molecule has 0 atom stereocenters. The molecule has 92 valence electrons. The van der Waals surface area contributed by atoms with Gasteiger partial charge in [-0.2, -0.15) is 0 Å². The maximum Gasteiger partial charge on any atom is 0.251 e. The maximum absolute atomic E-state index is 11.9. The lowest BCUT2D eigenvalue weighted by molar-refractivity contribution is 0.0950. The fraction of sp³-hybridized carbons (Fsp3) is 0.462. The molecular weight excluding hydrogens is 218 g/mol. The van der Waals surface area contributed by atoms with Gasteiger partial charge in [-0.3, -0.25) is 4.79 Å². The van der Waals surface area contributed by atoms with Gasteiger partial charge in [-0.1, -0.05) is 0 Å². The van der Waals surface area contributed by atoms with Gasteiger partial charge in [0.1, 0.15) is 11.5 Å². The molecule has 1 amide bonds. The number of nitrogens with one attached hydrogen (secondary N) is 1. The van der Waals surface area contributed by atoms with E-state index in [1.165, 1.54) is 0 Å². The van der Waals surface area contributed by atoms with E-state index >= 15 is 0 Å². The molecule has 0 bridgehead atoms. The minimum atomic E-state index is -0.0656. The van der Waals surface area contributed by atoms with Crippen LogP contribution >= 0.6 is 0 Å². The molecule has 1 aromatic carbocycles. The van der Waals surface area contributed by atoms with E-state index < -0.39 is 0 Å². The molecule has 1 fully saturated rings. The van der Waals surface area contributed by atoms with Crippen LogP contribution in [0.2, 0.25) is 0 Å². The zero-order valence-electron chi connectivity index (χ0n) is 10.4. The van der Waals surface area contributed by atoms with Crippen LogP contribution in [0.15, 0.2) is 12.1 Å². The highest BCUT2D eigenvalue weighted by Gasteiger charge is 2.24. The van der Waals surface area contributed by atoms with E-state index in [4.69, 9.17) is 9.47 Å². The number of ether oxygens (including phenoxy) is 2. The van der Waals surface area contributed by atoms with Crippen LogP contribution in [0.3, 0.4) is 0 Å². The Labute approximate surface area is 101 Å². The summed E-state index contributed by atoms with van der Waals surface area (Å²) in [5, 5.41) is 2.94. The third-order valence-corrected chi connectivity index (χ3v) is 2.93. The van der Waals surface area contributed by atoms with Crippen LogP contribution in [0.1, 0.15) is 28.8 Å². The number of hydrogen-bond acceptors (Lipinski definition) is 3. The summed E-state index contributed by atoms with van der Waals surface area (Å²) in [4.78, 5) is 11.9. The second-order valence-electron chi connectivity index (χ2n) is 4.25. The molecule has 4 nitrogen and oxygen atoms in total. The fourth-order valence-electron chi connectivity index (χ4n) is 1.71. The number of benzene rings is 1. The SMILES string of the molecule is COc1cc(C(=O)NC2CC2)cc(OC)c1C. The van der Waals surface area contributed by atoms with Crippen molar-refractivity contribution in [1.82, 2.24) is 5.32 Å². The molecule has 1 aromatic rings. The normalized spacial score (nSPS) is 14.3. The topological polar surface area (TPSA) is 47.6 Å². The standard InChI is InChI=1S/C13H17NO3/c1-8-11(16-2)6-9(7-12(8)17-3)13(15)14-10-4-5-10/h6-7,10H,4-5H2,1-3H3,(H,14,15). The van der Waals surface area contributed by atoms with Gasteiger partial charge >= 0.3 is 0 Å². The zero-order chi connectivity index (χ0) is 12.4. The predicted octanol–water partition coefficient (Wildman–Crippen LogP) is 1.90. The largest absolute Gasteiger partial charge is 0.496 e. The number of methoxy groups -OCH3 is 2. The monoisotopic (exact) mass is 235 g/mol. The Kier molecular flexibility index (Phi) is 3.22. The van der Waals surface area contributed by atoms with E-state index in [1.807, 2.05) is 6.92 Å². The van der Waals surface area contributed by atoms with E-state index in [0.717, 1.165) is 18.4 Å². The summed E-state index contributed by atoms with van der Waals surface area (Å²) in [6, 6.07) is 3.84. The molecule has 1 aliphatic rings. The van der Waals surface area contributed by atoms with Crippen molar-refractivity contribution < 1.29 is 14.3 Å². The van der Waals surface area contributed by atoms with Gasteiger partial charge in [0.25, 0.3) is 5.91 Å². The van der Waals surface area contributed by atoms with Gasteiger partial charge in [0.05, 0.1) is 14.2 Å². The van der Waals surface area contributed by atoms with Crippen molar-refractivity contribution in [3.05, 3.63) is 23.3 Å². The summed E-state index contributed by atoms with van der Waals surface area (Å²) in [6.07, 6.45) is 2.15. The molecule has 1 N–H and O–H groups in total. The van der Waals surface area contributed by atoms with Gasteiger partial charge in [0.2, 0.25) is 0 Å². The average Bonchev–Trinajstić information content (AvgIpc) is 3.13. The molecule has 0 aromatic heterocycles. The minimum absolute atomic E-state index is 0.0656. The van der Waals surface area contributed by atoms with Gasteiger partial charge < -0.3 is 14.8 Å². The maximum atomic E-state index is 11.9. The van der Waals surface area contributed by atoms with Gasteiger partial charge in [0.15, 0.2) is 0 Å². The Balaban J connectivity index is 2.29. The highest BCUT2D eigenvalue weighted by Crippen LogP contribution is 2.30. The third kappa shape index (κ3) is 2.52. The average molecular weight is 235 g/mol. The van der Waals surface area contributed by atoms with Crippen LogP contribution in [0.5, 0.6) is 11.5 Å². The summed E-state index contributed by atoms with van der Waals surface area (Å²) in [5.74, 6) is 1.28. The van der Waals surface area contributed by atoms with Crippen LogP contribution in [0, 0.1) is 6.92 Å². The van der Waals surface area contributed by atoms with Crippen molar-refractivity contribution in [1.29, 1.82) is 0 Å². The van der Waals surface area contributed by atoms with Crippen molar-refractivity contribution in [3.8, 4) is 11.5 Å². The molecule has 4 heteroatoms. The molecule has 17 heavy (non-hydrogen) atoms. The first kappa shape index (κ1) is 11.8. The first-order valence-corrected chi connectivity index (χ1v) is 5.69. The van der Waals surface area contributed by atoms with Gasteiger partial charge in [-0.05, 0) is 31.9 Å². The lowest BCUT2D eigenvalue weighted by Gasteiger charge is -2.12. The number of carbonyl (C=O) groups is 1. The number of amides is 1. The first-order valence-electron chi connectivity index (χ1n) is 5.69. The summed E-state index contributed by atoms with van der Waals surface area (Å²) in [6.45, 7) is 1.90. The van der Waals surface area contributed by atoms with Crippen molar-refractivity contribution in [3.63, 3.8) is 0 Å². The van der Waals surface area contributed by atoms with Crippen LogP contribution in [0.4, 0.5) is 0 Å². The van der Waals surface area contributed by atoms with Crippen LogP contribution in [0.25, 0.3) is 0 Å². The summed E-state index contributed by atoms with van der Waals surface area (Å²) >= 11 is 0. The van der Waals surface area contributed by atoms with Crippen LogP contribution < -0.4 is 14.8 Å². The summed E-state index contributed by atoms with van der Waals surface area (Å²) in [5.41, 5.74) is 1.48. The van der Waals surface area contributed by atoms with Crippen LogP contribution in [-0.4, -0.2) is 26.2 Å². The second kappa shape index (κ2) is 4.65. The highest BCUT2D eigenvalue weighted by atomic mass is 16.5. The van der Waals surface area contributed by atoms with E-state index in [9.17, 15) is 4.79 Å². The van der Waals surface area contributed by atoms with Gasteiger partial charge in [-0.15, -0.1) is 0 Å². The molecule has 0 unspecified atom stereocenters. The van der Waals surface area contributed by atoms with Gasteiger partial charge in [-0.25, -0.2) is 0 Å². The summed E-state index contributed by atoms with van der Waals surface area (Å²) < 4.78 is 10.5. The highest BCUT2D eigenvalue weighted by molar-refractivity contribution is 5.95. The zero-order valence-corrected chi connectivity index (χ0v) is 10.4. The summed E-state index contributed by atoms with van der Waals surface area (Å²) in [7, 11) is 3.18. The van der Waals surface area contributed by atoms with E-state index in [-0.39, 0.29) is 5.91 Å². The molecule has 1 saturated carbocycles. The number of carbonyl (C=O) groups excluding carboxylic acids is 1. The number of rotatable bonds is 4. The quantitative estimate of drug-likeness (QED) is 0.867. The lowest BCUT2D eigenvalue weighted by Crippen LogP contribution is -2.25. The molecule has 0 spiro atoms. The van der Waals surface area contributed by atoms with Crippen molar-refractivity contribution in [2.45, 2.75) is 25.8 Å². The van der Waals surface area contributed by atoms with Crippen molar-refractivity contribution in [2.75, 3.05) is 14.2 Å². The van der Waals surface area contributed by atoms with E-state index in [0.29, 0.717) is 23.1 Å². The van der Waals surface area contributed by atoms with Crippen LogP contribution in [-0.2, 0) is 0 Å². The molecular formula is C13H17NO3. The second-order valence-corrected chi connectivity index (χ2v) is 4.25. The van der Waals surface area contributed by atoms with Gasteiger partial charge in [0, 0.05) is 17.2 Å². The molecule has 1 aliphatic carbocycles. The molecule has 0 radical (unpaired) electrons. The minimum Gasteiger partial charge on any atom is -0.496 e. The predicted molar refractivity (Wildman–Crippen MR) is 64.8 cm³/mol. The molecule has 0 aliphatic heterocycles. The number of hydrogen-bond donors (Lipinski definition) is 1. The Morgan fingerprint density at radius 3 is 2.18 bits per heavy atom. The first-order chi connectivity index (χ1) is 8.15. The smallest absolute Gasteiger partial charge is 0.251 e. The van der Waals surface area contributed by atoms with Crippen molar-refractivity contribution in [2.24, 2.45) is 0 Å². The Morgan fingerprint density at radius 2 is 1.76 bits per heavy atom. The lowest BCUT2D eigenvalue weighted by atomic mass is 10.1. The molecule has 2 rings (SSSR count). The van der Waals surface area contributed by atoms with Crippen molar-refractivity contribution >= 4 is 5.91 Å². The molecule has 0 saturated heterocycles. The third-order valence-electron chi connectivity index (χ3n) is 2.93. The Morgan fingerprint density at radius 1 is 1.24 bits per heavy atom. The fourth-order valence-corrected chi connectivity index (χ4v) is 1.71.